The molecule has 8 nitrogen and oxygen atoms in total. The van der Waals surface area contributed by atoms with Crippen LogP contribution in [0.4, 0.5) is 0 Å². The van der Waals surface area contributed by atoms with Crippen LogP contribution in [0, 0.1) is 13.8 Å². The molecule has 2 aliphatic carbocycles. The first-order valence-corrected chi connectivity index (χ1v) is 15.4. The molecule has 2 saturated heterocycles. The third kappa shape index (κ3) is 6.03. The van der Waals surface area contributed by atoms with Gasteiger partial charge in [0.25, 0.3) is 0 Å². The van der Waals surface area contributed by atoms with Crippen molar-refractivity contribution in [1.82, 2.24) is 24.9 Å². The van der Waals surface area contributed by atoms with Crippen LogP contribution in [0.3, 0.4) is 0 Å². The maximum absolute atomic E-state index is 13.7. The SMILES string of the molecule is CCCN1C(=O)[C@@H](CC2(O)CCCCC2)NC(=O)C12CCN(Cc1c(C)nn(C3CCCCC3)c1C)CC2.Cl. The summed E-state index contributed by atoms with van der Waals surface area (Å²) in [5.74, 6) is -0.0218. The first kappa shape index (κ1) is 30.3. The Balaban J connectivity index is 0.00000353. The number of hydrogen-bond acceptors (Lipinski definition) is 5. The molecule has 1 spiro atoms. The fourth-order valence-electron chi connectivity index (χ4n) is 7.76. The Bertz CT molecular complexity index is 1010. The van der Waals surface area contributed by atoms with E-state index in [4.69, 9.17) is 5.10 Å². The highest BCUT2D eigenvalue weighted by molar-refractivity contribution is 6.00. The van der Waals surface area contributed by atoms with Crippen molar-refractivity contribution in [1.29, 1.82) is 0 Å². The van der Waals surface area contributed by atoms with Gasteiger partial charge in [0.15, 0.2) is 0 Å². The molecule has 2 saturated carbocycles. The van der Waals surface area contributed by atoms with Crippen LogP contribution in [0.15, 0.2) is 0 Å². The summed E-state index contributed by atoms with van der Waals surface area (Å²) in [7, 11) is 0. The summed E-state index contributed by atoms with van der Waals surface area (Å²) in [5, 5.41) is 19.2. The van der Waals surface area contributed by atoms with Gasteiger partial charge in [-0.3, -0.25) is 19.2 Å². The molecule has 0 radical (unpaired) electrons. The van der Waals surface area contributed by atoms with E-state index in [-0.39, 0.29) is 24.2 Å². The van der Waals surface area contributed by atoms with Crippen molar-refractivity contribution in [2.75, 3.05) is 19.6 Å². The number of hydrogen-bond donors (Lipinski definition) is 2. The summed E-state index contributed by atoms with van der Waals surface area (Å²) in [6.07, 6.45) is 13.4. The van der Waals surface area contributed by atoms with E-state index >= 15 is 0 Å². The molecule has 39 heavy (non-hydrogen) atoms. The number of nitrogens with zero attached hydrogens (tertiary/aromatic N) is 4. The molecule has 1 atom stereocenters. The number of aromatic nitrogens is 2. The van der Waals surface area contributed by atoms with Crippen molar-refractivity contribution in [2.24, 2.45) is 0 Å². The lowest BCUT2D eigenvalue weighted by Crippen LogP contribution is -2.73. The van der Waals surface area contributed by atoms with E-state index in [1.807, 2.05) is 4.90 Å². The van der Waals surface area contributed by atoms with Crippen molar-refractivity contribution < 1.29 is 14.7 Å². The third-order valence-corrected chi connectivity index (χ3v) is 10.1. The second kappa shape index (κ2) is 12.5. The average molecular weight is 564 g/mol. The predicted octanol–water partition coefficient (Wildman–Crippen LogP) is 4.58. The predicted molar refractivity (Wildman–Crippen MR) is 155 cm³/mol. The molecule has 1 aromatic heterocycles. The van der Waals surface area contributed by atoms with Crippen LogP contribution in [0.1, 0.15) is 120 Å². The molecular weight excluding hydrogens is 514 g/mol. The molecule has 2 aliphatic heterocycles. The molecule has 0 aromatic carbocycles. The number of aryl methyl sites for hydroxylation is 1. The van der Waals surface area contributed by atoms with Gasteiger partial charge in [-0.25, -0.2) is 0 Å². The Labute approximate surface area is 240 Å². The number of amides is 2. The van der Waals surface area contributed by atoms with E-state index in [1.165, 1.54) is 43.4 Å². The molecule has 5 rings (SSSR count). The monoisotopic (exact) mass is 563 g/mol. The van der Waals surface area contributed by atoms with E-state index < -0.39 is 17.2 Å². The van der Waals surface area contributed by atoms with Gasteiger partial charge in [-0.05, 0) is 58.8 Å². The normalized spacial score (nSPS) is 25.9. The maximum Gasteiger partial charge on any atom is 0.246 e. The van der Waals surface area contributed by atoms with Crippen molar-refractivity contribution >= 4 is 24.2 Å². The van der Waals surface area contributed by atoms with Crippen LogP contribution in [0.2, 0.25) is 0 Å². The Morgan fingerprint density at radius 3 is 2.26 bits per heavy atom. The minimum absolute atomic E-state index is 0. The molecule has 2 N–H and O–H groups in total. The first-order valence-electron chi connectivity index (χ1n) is 15.4. The molecule has 4 fully saturated rings. The zero-order valence-electron chi connectivity index (χ0n) is 24.3. The van der Waals surface area contributed by atoms with Gasteiger partial charge in [0.2, 0.25) is 11.8 Å². The molecule has 0 bridgehead atoms. The highest BCUT2D eigenvalue weighted by Gasteiger charge is 2.54. The molecule has 0 unspecified atom stereocenters. The van der Waals surface area contributed by atoms with Crippen molar-refractivity contribution in [3.05, 3.63) is 17.0 Å². The number of piperidine rings is 1. The number of aliphatic hydroxyl groups is 1. The van der Waals surface area contributed by atoms with E-state index in [2.05, 4.69) is 35.7 Å². The van der Waals surface area contributed by atoms with Crippen LogP contribution < -0.4 is 5.32 Å². The molecule has 4 aliphatic rings. The largest absolute Gasteiger partial charge is 0.390 e. The lowest BCUT2D eigenvalue weighted by molar-refractivity contribution is -0.163. The Hall–Kier alpha value is -1.64. The van der Waals surface area contributed by atoms with Crippen molar-refractivity contribution in [2.45, 2.75) is 140 Å². The number of halogens is 1. The summed E-state index contributed by atoms with van der Waals surface area (Å²) < 4.78 is 2.28. The van der Waals surface area contributed by atoms with Crippen LogP contribution in [0.25, 0.3) is 0 Å². The number of nitrogens with one attached hydrogen (secondary N) is 1. The second-order valence-corrected chi connectivity index (χ2v) is 12.7. The van der Waals surface area contributed by atoms with Gasteiger partial charge in [0.05, 0.1) is 17.3 Å². The molecule has 1 aromatic rings. The standard InChI is InChI=1S/C30H49N5O3.ClH/c1-4-17-34-27(36)26(20-29(38)13-9-6-10-14-29)31-28(37)30(34)15-18-33(19-16-30)21-25-22(2)32-35(23(25)3)24-11-7-5-8-12-24;/h24,26,38H,4-21H2,1-3H3,(H,31,37);1H/t26-;/m1./s1. The lowest BCUT2D eigenvalue weighted by Gasteiger charge is -2.52. The number of carbonyl (C=O) groups is 2. The highest BCUT2D eigenvalue weighted by Crippen LogP contribution is 2.38. The summed E-state index contributed by atoms with van der Waals surface area (Å²) in [4.78, 5) is 31.8. The van der Waals surface area contributed by atoms with Gasteiger partial charge >= 0.3 is 0 Å². The van der Waals surface area contributed by atoms with Gasteiger partial charge in [-0.1, -0.05) is 45.4 Å². The summed E-state index contributed by atoms with van der Waals surface area (Å²) >= 11 is 0. The van der Waals surface area contributed by atoms with Gasteiger partial charge in [0.1, 0.15) is 11.6 Å². The summed E-state index contributed by atoms with van der Waals surface area (Å²) in [6, 6.07) is -0.0864. The van der Waals surface area contributed by atoms with Gasteiger partial charge in [-0.15, -0.1) is 12.4 Å². The number of piperazine rings is 1. The molecule has 2 amide bonds. The Kier molecular flexibility index (Phi) is 9.70. The minimum Gasteiger partial charge on any atom is -0.390 e. The fraction of sp³-hybridized carbons (Fsp3) is 0.833. The number of likely N-dealkylation sites (tertiary alicyclic amines) is 1. The van der Waals surface area contributed by atoms with Crippen molar-refractivity contribution in [3.63, 3.8) is 0 Å². The van der Waals surface area contributed by atoms with E-state index in [0.717, 1.165) is 63.9 Å². The zero-order chi connectivity index (χ0) is 26.9. The third-order valence-electron chi connectivity index (χ3n) is 10.1. The van der Waals surface area contributed by atoms with Gasteiger partial charge < -0.3 is 15.3 Å². The molecule has 3 heterocycles. The Morgan fingerprint density at radius 1 is 0.974 bits per heavy atom. The number of rotatable bonds is 7. The van der Waals surface area contributed by atoms with Crippen LogP contribution in [-0.4, -0.2) is 73.3 Å². The summed E-state index contributed by atoms with van der Waals surface area (Å²) in [6.45, 7) is 9.41. The number of carbonyl (C=O) groups excluding carboxylic acids is 2. The van der Waals surface area contributed by atoms with E-state index in [1.54, 1.807) is 0 Å². The zero-order valence-corrected chi connectivity index (χ0v) is 25.2. The average Bonchev–Trinajstić information content (AvgIpc) is 3.20. The van der Waals surface area contributed by atoms with Gasteiger partial charge in [0, 0.05) is 43.9 Å². The topological polar surface area (TPSA) is 90.7 Å². The Morgan fingerprint density at radius 2 is 1.62 bits per heavy atom. The second-order valence-electron chi connectivity index (χ2n) is 12.7. The summed E-state index contributed by atoms with van der Waals surface area (Å²) in [5.41, 5.74) is 2.12. The lowest BCUT2D eigenvalue weighted by atomic mass is 9.77. The van der Waals surface area contributed by atoms with E-state index in [9.17, 15) is 14.7 Å². The minimum atomic E-state index is -0.838. The van der Waals surface area contributed by atoms with E-state index in [0.29, 0.717) is 31.8 Å². The van der Waals surface area contributed by atoms with Gasteiger partial charge in [-0.2, -0.15) is 5.10 Å². The quantitative estimate of drug-likeness (QED) is 0.506. The smallest absolute Gasteiger partial charge is 0.246 e. The maximum atomic E-state index is 13.7. The van der Waals surface area contributed by atoms with Crippen LogP contribution >= 0.6 is 12.4 Å². The highest BCUT2D eigenvalue weighted by atomic mass is 35.5. The molecule has 220 valence electrons. The molecule has 9 heteroatoms. The molecular formula is C30H50ClN5O3. The van der Waals surface area contributed by atoms with Crippen LogP contribution in [0.5, 0.6) is 0 Å². The fourth-order valence-corrected chi connectivity index (χ4v) is 7.76. The first-order chi connectivity index (χ1) is 18.3. The van der Waals surface area contributed by atoms with Crippen molar-refractivity contribution in [3.8, 4) is 0 Å². The van der Waals surface area contributed by atoms with Crippen LogP contribution in [-0.2, 0) is 16.1 Å².